The summed E-state index contributed by atoms with van der Waals surface area (Å²) in [6, 6.07) is 7.37. The van der Waals surface area contributed by atoms with Gasteiger partial charge in [0.2, 0.25) is 5.96 Å². The van der Waals surface area contributed by atoms with Crippen molar-refractivity contribution in [3.63, 3.8) is 0 Å². The molecule has 1 aromatic carbocycles. The largest absolute Gasteiger partial charge is 0.396 e. The van der Waals surface area contributed by atoms with Crippen molar-refractivity contribution in [3.05, 3.63) is 35.4 Å². The van der Waals surface area contributed by atoms with Crippen LogP contribution in [0.4, 0.5) is 0 Å². The number of ether oxygens (including phenoxy) is 1. The molecule has 1 aliphatic heterocycles. The Bertz CT molecular complexity index is 479. The molecule has 0 bridgehead atoms. The second kappa shape index (κ2) is 6.91. The third-order valence-electron chi connectivity index (χ3n) is 3.03. The predicted octanol–water partition coefficient (Wildman–Crippen LogP) is 0.974. The third kappa shape index (κ3) is 3.71. The lowest BCUT2D eigenvalue weighted by Gasteiger charge is -2.28. The summed E-state index contributed by atoms with van der Waals surface area (Å²) < 4.78 is 5.28. The maximum atomic E-state index is 12.2. The van der Waals surface area contributed by atoms with Crippen molar-refractivity contribution in [2.75, 3.05) is 33.4 Å². The van der Waals surface area contributed by atoms with Gasteiger partial charge in [-0.25, -0.2) is 0 Å². The zero-order valence-corrected chi connectivity index (χ0v) is 11.8. The lowest BCUT2D eigenvalue weighted by molar-refractivity contribution is 0.0629. The molecule has 1 saturated heterocycles. The smallest absolute Gasteiger partial charge is 0.258 e. The van der Waals surface area contributed by atoms with Crippen LogP contribution in [-0.4, -0.2) is 50.2 Å². The fourth-order valence-corrected chi connectivity index (χ4v) is 1.90. The Balaban J connectivity index is 2.05. The number of oxime groups is 1. The molecule has 108 valence electrons. The predicted molar refractivity (Wildman–Crippen MR) is 75.5 cm³/mol. The highest BCUT2D eigenvalue weighted by atomic mass is 16.6. The Morgan fingerprint density at radius 2 is 1.95 bits per heavy atom. The Kier molecular flexibility index (Phi) is 4.95. The Hall–Kier alpha value is -2.08. The number of morpholine rings is 1. The molecular weight excluding hydrogens is 258 g/mol. The van der Waals surface area contributed by atoms with Gasteiger partial charge in [-0.15, -0.1) is 0 Å². The van der Waals surface area contributed by atoms with Gasteiger partial charge in [-0.3, -0.25) is 10.1 Å². The number of rotatable bonds is 2. The van der Waals surface area contributed by atoms with Crippen LogP contribution in [0, 0.1) is 6.92 Å². The summed E-state index contributed by atoms with van der Waals surface area (Å²) in [5.41, 5.74) is 1.70. The summed E-state index contributed by atoms with van der Waals surface area (Å²) in [7, 11) is 1.46. The lowest BCUT2D eigenvalue weighted by atomic mass is 10.1. The van der Waals surface area contributed by atoms with Gasteiger partial charge >= 0.3 is 0 Å². The van der Waals surface area contributed by atoms with Crippen molar-refractivity contribution >= 4 is 11.9 Å². The first-order valence-electron chi connectivity index (χ1n) is 6.52. The van der Waals surface area contributed by atoms with E-state index in [1.54, 1.807) is 12.1 Å². The van der Waals surface area contributed by atoms with Crippen LogP contribution < -0.4 is 5.32 Å². The van der Waals surface area contributed by atoms with Crippen molar-refractivity contribution in [1.82, 2.24) is 10.2 Å². The molecule has 2 rings (SSSR count). The first-order valence-corrected chi connectivity index (χ1v) is 6.52. The van der Waals surface area contributed by atoms with E-state index in [2.05, 4.69) is 10.5 Å². The van der Waals surface area contributed by atoms with Gasteiger partial charge in [0.1, 0.15) is 7.11 Å². The van der Waals surface area contributed by atoms with E-state index < -0.39 is 0 Å². The third-order valence-corrected chi connectivity index (χ3v) is 3.03. The number of hydrogen-bond acceptors (Lipinski definition) is 4. The molecule has 0 saturated carbocycles. The van der Waals surface area contributed by atoms with E-state index in [0.29, 0.717) is 37.8 Å². The van der Waals surface area contributed by atoms with Gasteiger partial charge in [-0.2, -0.15) is 0 Å². The van der Waals surface area contributed by atoms with E-state index in [-0.39, 0.29) is 5.91 Å². The molecule has 20 heavy (non-hydrogen) atoms. The molecule has 1 aromatic rings. The number of amides is 1. The van der Waals surface area contributed by atoms with Gasteiger partial charge in [-0.05, 0) is 24.2 Å². The maximum Gasteiger partial charge on any atom is 0.258 e. The Morgan fingerprint density at radius 3 is 2.55 bits per heavy atom. The lowest BCUT2D eigenvalue weighted by Crippen LogP contribution is -2.49. The quantitative estimate of drug-likeness (QED) is 0.497. The number of aryl methyl sites for hydroxylation is 1. The van der Waals surface area contributed by atoms with Gasteiger partial charge in [0.25, 0.3) is 5.91 Å². The average Bonchev–Trinajstić information content (AvgIpc) is 2.48. The summed E-state index contributed by atoms with van der Waals surface area (Å²) in [5, 5.41) is 6.67. The van der Waals surface area contributed by atoms with Crippen molar-refractivity contribution in [3.8, 4) is 0 Å². The van der Waals surface area contributed by atoms with Crippen molar-refractivity contribution < 1.29 is 14.4 Å². The first-order chi connectivity index (χ1) is 9.70. The molecule has 6 heteroatoms. The molecule has 1 amide bonds. The molecule has 0 atom stereocenters. The van der Waals surface area contributed by atoms with Gasteiger partial charge in [-0.1, -0.05) is 17.7 Å². The molecule has 1 heterocycles. The van der Waals surface area contributed by atoms with Crippen LogP contribution in [0.5, 0.6) is 0 Å². The minimum atomic E-state index is -0.202. The number of carbonyl (C=O) groups excluding carboxylic acids is 1. The minimum absolute atomic E-state index is 0.202. The fourth-order valence-electron chi connectivity index (χ4n) is 1.90. The van der Waals surface area contributed by atoms with Crippen molar-refractivity contribution in [2.24, 2.45) is 5.16 Å². The second-order valence-corrected chi connectivity index (χ2v) is 4.52. The Morgan fingerprint density at radius 1 is 1.30 bits per heavy atom. The topological polar surface area (TPSA) is 63.2 Å². The van der Waals surface area contributed by atoms with E-state index in [0.717, 1.165) is 5.56 Å². The fraction of sp³-hybridized carbons (Fsp3) is 0.429. The van der Waals surface area contributed by atoms with E-state index in [1.807, 2.05) is 24.0 Å². The summed E-state index contributed by atoms with van der Waals surface area (Å²) in [6.07, 6.45) is 0. The van der Waals surface area contributed by atoms with Crippen molar-refractivity contribution in [2.45, 2.75) is 6.92 Å². The summed E-state index contributed by atoms with van der Waals surface area (Å²) in [5.74, 6) is 0.216. The minimum Gasteiger partial charge on any atom is -0.396 e. The van der Waals surface area contributed by atoms with E-state index in [9.17, 15) is 4.79 Å². The number of carbonyl (C=O) groups is 1. The molecule has 0 spiro atoms. The van der Waals surface area contributed by atoms with Gasteiger partial charge in [0.15, 0.2) is 0 Å². The van der Waals surface area contributed by atoms with Crippen LogP contribution in [0.3, 0.4) is 0 Å². The molecule has 0 unspecified atom stereocenters. The Labute approximate surface area is 118 Å². The molecule has 0 aromatic heterocycles. The van der Waals surface area contributed by atoms with Gasteiger partial charge in [0, 0.05) is 18.7 Å². The summed E-state index contributed by atoms with van der Waals surface area (Å²) >= 11 is 0. The highest BCUT2D eigenvalue weighted by molar-refractivity contribution is 6.05. The molecule has 0 radical (unpaired) electrons. The molecular formula is C14H19N3O3. The van der Waals surface area contributed by atoms with E-state index in [4.69, 9.17) is 9.57 Å². The summed E-state index contributed by atoms with van der Waals surface area (Å²) in [4.78, 5) is 18.9. The maximum absolute atomic E-state index is 12.2. The molecule has 1 aliphatic rings. The van der Waals surface area contributed by atoms with Crippen molar-refractivity contribution in [1.29, 1.82) is 0 Å². The average molecular weight is 277 g/mol. The zero-order valence-electron chi connectivity index (χ0n) is 11.8. The van der Waals surface area contributed by atoms with Crippen LogP contribution in [0.25, 0.3) is 0 Å². The first kappa shape index (κ1) is 14.3. The highest BCUT2D eigenvalue weighted by Gasteiger charge is 2.18. The summed E-state index contributed by atoms with van der Waals surface area (Å²) in [6.45, 7) is 4.56. The highest BCUT2D eigenvalue weighted by Crippen LogP contribution is 2.04. The zero-order chi connectivity index (χ0) is 14.4. The van der Waals surface area contributed by atoms with Gasteiger partial charge < -0.3 is 14.5 Å². The number of nitrogens with zero attached hydrogens (tertiary/aromatic N) is 2. The van der Waals surface area contributed by atoms with E-state index >= 15 is 0 Å². The molecule has 1 fully saturated rings. The SMILES string of the molecule is CO/N=C(/NC(=O)c1ccc(C)cc1)N1CCOCC1. The van der Waals surface area contributed by atoms with Crippen LogP contribution in [0.2, 0.25) is 0 Å². The van der Waals surface area contributed by atoms with Gasteiger partial charge in [0.05, 0.1) is 13.2 Å². The number of nitrogens with one attached hydrogen (secondary N) is 1. The van der Waals surface area contributed by atoms with Crippen LogP contribution in [0.1, 0.15) is 15.9 Å². The monoisotopic (exact) mass is 277 g/mol. The second-order valence-electron chi connectivity index (χ2n) is 4.52. The number of guanidine groups is 1. The number of benzene rings is 1. The van der Waals surface area contributed by atoms with Crippen LogP contribution in [-0.2, 0) is 9.57 Å². The molecule has 1 N–H and O–H groups in total. The number of hydrogen-bond donors (Lipinski definition) is 1. The molecule has 6 nitrogen and oxygen atoms in total. The van der Waals surface area contributed by atoms with Crippen LogP contribution >= 0.6 is 0 Å². The van der Waals surface area contributed by atoms with E-state index in [1.165, 1.54) is 7.11 Å². The standard InChI is InChI=1S/C14H19N3O3/c1-11-3-5-12(6-4-11)13(18)15-14(16-19-2)17-7-9-20-10-8-17/h3-6H,7-10H2,1-2H3,(H,15,16,18). The van der Waals surface area contributed by atoms with Crippen LogP contribution in [0.15, 0.2) is 29.4 Å². The molecule has 0 aliphatic carbocycles. The normalized spacial score (nSPS) is 15.9.